The van der Waals surface area contributed by atoms with E-state index in [1.54, 1.807) is 19.1 Å². The molecule has 0 aromatic heterocycles. The first-order valence-electron chi connectivity index (χ1n) is 10.5. The van der Waals surface area contributed by atoms with Gasteiger partial charge in [0.25, 0.3) is 0 Å². The molecule has 1 N–H and O–H groups in total. The highest BCUT2D eigenvalue weighted by Gasteiger charge is 2.30. The van der Waals surface area contributed by atoms with Crippen LogP contribution < -0.4 is 10.1 Å². The van der Waals surface area contributed by atoms with E-state index in [9.17, 15) is 26.8 Å². The molecule has 1 aliphatic heterocycles. The van der Waals surface area contributed by atoms with Crippen LogP contribution in [0.25, 0.3) is 0 Å². The van der Waals surface area contributed by atoms with Crippen LogP contribution in [0.3, 0.4) is 0 Å². The maximum absolute atomic E-state index is 12.9. The Bertz CT molecular complexity index is 1100. The van der Waals surface area contributed by atoms with Crippen LogP contribution in [0.2, 0.25) is 0 Å². The van der Waals surface area contributed by atoms with Crippen LogP contribution in [0.5, 0.6) is 5.75 Å². The Hall–Kier alpha value is -3.25. The van der Waals surface area contributed by atoms with Crippen molar-refractivity contribution in [3.8, 4) is 5.75 Å². The molecule has 2 aromatic rings. The monoisotopic (exact) mass is 497 g/mol. The number of rotatable bonds is 8. The molecule has 3 rings (SSSR count). The summed E-state index contributed by atoms with van der Waals surface area (Å²) in [6.45, 7) is -0.366. The molecule has 0 saturated carbocycles. The largest absolute Gasteiger partial charge is 0.462 e. The number of hydrogen-bond donors (Lipinski definition) is 1. The van der Waals surface area contributed by atoms with Gasteiger partial charge in [0.1, 0.15) is 5.75 Å². The number of alkyl halides is 2. The van der Waals surface area contributed by atoms with Crippen molar-refractivity contribution in [1.29, 1.82) is 0 Å². The lowest BCUT2D eigenvalue weighted by Crippen LogP contribution is -2.52. The van der Waals surface area contributed by atoms with E-state index in [1.165, 1.54) is 45.6 Å². The van der Waals surface area contributed by atoms with Gasteiger partial charge in [-0.3, -0.25) is 0 Å². The van der Waals surface area contributed by atoms with E-state index in [-0.39, 0.29) is 55.5 Å². The summed E-state index contributed by atoms with van der Waals surface area (Å²) < 4.78 is 61.0. The van der Waals surface area contributed by atoms with Gasteiger partial charge < -0.3 is 19.7 Å². The molecule has 1 fully saturated rings. The number of hydrogen-bond acceptors (Lipinski definition) is 6. The number of benzene rings is 2. The summed E-state index contributed by atoms with van der Waals surface area (Å²) in [5.41, 5.74) is 0.840. The van der Waals surface area contributed by atoms with Crippen molar-refractivity contribution < 1.29 is 36.3 Å². The summed E-state index contributed by atoms with van der Waals surface area (Å²) in [5.74, 6) is -0.532. The van der Waals surface area contributed by atoms with Gasteiger partial charge in [-0.1, -0.05) is 12.1 Å². The van der Waals surface area contributed by atoms with Gasteiger partial charge in [-0.05, 0) is 48.9 Å². The summed E-state index contributed by atoms with van der Waals surface area (Å²) >= 11 is 0. The highest BCUT2D eigenvalue weighted by atomic mass is 32.2. The van der Waals surface area contributed by atoms with Crippen molar-refractivity contribution in [3.05, 3.63) is 59.7 Å². The minimum Gasteiger partial charge on any atom is -0.462 e. The number of amides is 2. The van der Waals surface area contributed by atoms with Crippen molar-refractivity contribution in [2.45, 2.75) is 25.0 Å². The molecular weight excluding hydrogens is 472 g/mol. The van der Waals surface area contributed by atoms with Gasteiger partial charge >= 0.3 is 18.6 Å². The predicted octanol–water partition coefficient (Wildman–Crippen LogP) is 2.68. The maximum Gasteiger partial charge on any atom is 0.387 e. The van der Waals surface area contributed by atoms with E-state index in [2.05, 4.69) is 10.1 Å². The van der Waals surface area contributed by atoms with Crippen molar-refractivity contribution in [3.63, 3.8) is 0 Å². The zero-order valence-electron chi connectivity index (χ0n) is 18.4. The third-order valence-electron chi connectivity index (χ3n) is 5.10. The van der Waals surface area contributed by atoms with Gasteiger partial charge in [-0.25, -0.2) is 18.0 Å². The number of piperazine rings is 1. The zero-order chi connectivity index (χ0) is 24.7. The number of carbonyl (C=O) groups excluding carboxylic acids is 2. The second-order valence-electron chi connectivity index (χ2n) is 7.32. The fraction of sp³-hybridized carbons (Fsp3) is 0.364. The number of halogens is 2. The molecule has 2 amide bonds. The fourth-order valence-electron chi connectivity index (χ4n) is 3.38. The van der Waals surface area contributed by atoms with Crippen LogP contribution in [0.4, 0.5) is 13.6 Å². The first kappa shape index (κ1) is 25.4. The summed E-state index contributed by atoms with van der Waals surface area (Å²) in [4.78, 5) is 25.7. The average molecular weight is 498 g/mol. The number of sulfonamides is 1. The number of nitrogens with zero attached hydrogens (tertiary/aromatic N) is 2. The SMILES string of the molecule is CCOC(=O)c1ccc(S(=O)(=O)N2CCN(C(=O)NCc3cccc(OC(F)F)c3)CC2)cc1. The number of esters is 1. The quantitative estimate of drug-likeness (QED) is 0.563. The van der Waals surface area contributed by atoms with Gasteiger partial charge in [-0.2, -0.15) is 13.1 Å². The lowest BCUT2D eigenvalue weighted by molar-refractivity contribution is -0.0498. The van der Waals surface area contributed by atoms with Gasteiger partial charge in [0.05, 0.1) is 17.1 Å². The van der Waals surface area contributed by atoms with Crippen LogP contribution in [-0.2, 0) is 21.3 Å². The van der Waals surface area contributed by atoms with Gasteiger partial charge in [0.2, 0.25) is 10.0 Å². The Labute approximate surface area is 196 Å². The third kappa shape index (κ3) is 6.41. The average Bonchev–Trinajstić information content (AvgIpc) is 2.82. The molecule has 2 aromatic carbocycles. The summed E-state index contributed by atoms with van der Waals surface area (Å²) in [6.07, 6.45) is 0. The molecule has 1 saturated heterocycles. The topological polar surface area (TPSA) is 105 Å². The molecule has 1 heterocycles. The predicted molar refractivity (Wildman–Crippen MR) is 118 cm³/mol. The minimum absolute atomic E-state index is 0.00384. The smallest absolute Gasteiger partial charge is 0.387 e. The molecule has 12 heteroatoms. The third-order valence-corrected chi connectivity index (χ3v) is 7.01. The van der Waals surface area contributed by atoms with Crippen LogP contribution >= 0.6 is 0 Å². The summed E-state index contributed by atoms with van der Waals surface area (Å²) in [6, 6.07) is 11.1. The Balaban J connectivity index is 1.53. The molecule has 184 valence electrons. The first-order chi connectivity index (χ1) is 16.2. The van der Waals surface area contributed by atoms with E-state index < -0.39 is 28.6 Å². The minimum atomic E-state index is -3.79. The summed E-state index contributed by atoms with van der Waals surface area (Å²) in [7, 11) is -3.79. The molecule has 0 atom stereocenters. The van der Waals surface area contributed by atoms with Crippen molar-refractivity contribution in [1.82, 2.24) is 14.5 Å². The Morgan fingerprint density at radius 1 is 1.06 bits per heavy atom. The summed E-state index contributed by atoms with van der Waals surface area (Å²) in [5, 5.41) is 2.69. The zero-order valence-corrected chi connectivity index (χ0v) is 19.3. The maximum atomic E-state index is 12.9. The molecule has 9 nitrogen and oxygen atoms in total. The molecule has 0 radical (unpaired) electrons. The molecule has 0 aliphatic carbocycles. The van der Waals surface area contributed by atoms with Crippen LogP contribution in [-0.4, -0.2) is 69.0 Å². The van der Waals surface area contributed by atoms with E-state index in [0.717, 1.165) is 0 Å². The molecule has 0 spiro atoms. The Kier molecular flexibility index (Phi) is 8.40. The molecule has 0 bridgehead atoms. The van der Waals surface area contributed by atoms with Crippen molar-refractivity contribution in [2.24, 2.45) is 0 Å². The van der Waals surface area contributed by atoms with Gasteiger partial charge in [0, 0.05) is 32.7 Å². The van der Waals surface area contributed by atoms with Crippen LogP contribution in [0, 0.1) is 0 Å². The van der Waals surface area contributed by atoms with Crippen LogP contribution in [0.1, 0.15) is 22.8 Å². The van der Waals surface area contributed by atoms with Gasteiger partial charge in [-0.15, -0.1) is 0 Å². The molecule has 0 unspecified atom stereocenters. The molecule has 34 heavy (non-hydrogen) atoms. The Morgan fingerprint density at radius 3 is 2.35 bits per heavy atom. The molecular formula is C22H25F2N3O6S. The van der Waals surface area contributed by atoms with E-state index in [0.29, 0.717) is 5.56 Å². The first-order valence-corrected chi connectivity index (χ1v) is 12.0. The van der Waals surface area contributed by atoms with E-state index in [1.807, 2.05) is 0 Å². The van der Waals surface area contributed by atoms with Crippen molar-refractivity contribution in [2.75, 3.05) is 32.8 Å². The second kappa shape index (κ2) is 11.3. The number of ether oxygens (including phenoxy) is 2. The van der Waals surface area contributed by atoms with E-state index in [4.69, 9.17) is 4.74 Å². The fourth-order valence-corrected chi connectivity index (χ4v) is 4.80. The second-order valence-corrected chi connectivity index (χ2v) is 9.26. The number of carbonyl (C=O) groups is 2. The highest BCUT2D eigenvalue weighted by molar-refractivity contribution is 7.89. The lowest BCUT2D eigenvalue weighted by atomic mass is 10.2. The lowest BCUT2D eigenvalue weighted by Gasteiger charge is -2.34. The number of urea groups is 1. The standard InChI is InChI=1S/C22H25F2N3O6S/c1-2-32-20(28)17-6-8-19(9-7-17)34(30,31)27-12-10-26(11-13-27)22(29)25-15-16-4-3-5-18(14-16)33-21(23)24/h3-9,14,21H,2,10-13,15H2,1H3,(H,25,29). The molecule has 1 aliphatic rings. The normalized spacial score (nSPS) is 14.6. The van der Waals surface area contributed by atoms with Crippen molar-refractivity contribution >= 4 is 22.0 Å². The Morgan fingerprint density at radius 2 is 1.74 bits per heavy atom. The van der Waals surface area contributed by atoms with E-state index >= 15 is 0 Å². The highest BCUT2D eigenvalue weighted by Crippen LogP contribution is 2.19. The number of nitrogens with one attached hydrogen (secondary N) is 1. The van der Waals surface area contributed by atoms with Crippen LogP contribution in [0.15, 0.2) is 53.4 Å². The van der Waals surface area contributed by atoms with Gasteiger partial charge in [0.15, 0.2) is 0 Å².